The average Bonchev–Trinajstić information content (AvgIpc) is 2.33. The number of halogens is 3. The van der Waals surface area contributed by atoms with Gasteiger partial charge in [0.15, 0.2) is 0 Å². The van der Waals surface area contributed by atoms with Gasteiger partial charge in [-0.05, 0) is 28.1 Å². The lowest BCUT2D eigenvalue weighted by atomic mass is 10.2. The first-order valence-electron chi connectivity index (χ1n) is 5.73. The first-order valence-corrected chi connectivity index (χ1v) is 6.52. The van der Waals surface area contributed by atoms with E-state index in [9.17, 15) is 8.78 Å². The summed E-state index contributed by atoms with van der Waals surface area (Å²) >= 11 is 3.25. The summed E-state index contributed by atoms with van der Waals surface area (Å²) in [5.74, 6) is -0.284. The highest BCUT2D eigenvalue weighted by atomic mass is 79.9. The zero-order chi connectivity index (χ0) is 14.0. The molecule has 0 saturated heterocycles. The van der Waals surface area contributed by atoms with Gasteiger partial charge in [0.05, 0.1) is 0 Å². The van der Waals surface area contributed by atoms with Crippen LogP contribution < -0.4 is 5.32 Å². The van der Waals surface area contributed by atoms with Gasteiger partial charge in [-0.2, -0.15) is 0 Å². The Labute approximate surface area is 118 Å². The normalized spacial score (nSPS) is 10.8. The fraction of sp³-hybridized carbons (Fsp3) is 0.231. The van der Waals surface area contributed by atoms with Crippen LogP contribution in [0.2, 0.25) is 0 Å². The Morgan fingerprint density at radius 2 is 1.79 bits per heavy atom. The van der Waals surface area contributed by atoms with Crippen LogP contribution in [0.25, 0.3) is 0 Å². The van der Waals surface area contributed by atoms with E-state index in [0.717, 1.165) is 0 Å². The van der Waals surface area contributed by atoms with E-state index in [-0.39, 0.29) is 11.6 Å². The average molecular weight is 328 g/mol. The standard InChI is InChI=1S/C13H12BrF2N3/c1-7(2)13-17-10(14)6-11(19-13)18-12-8(15)4-3-5-9(12)16/h3-7H,1-2H3,(H,17,18,19). The monoisotopic (exact) mass is 327 g/mol. The smallest absolute Gasteiger partial charge is 0.149 e. The minimum Gasteiger partial charge on any atom is -0.335 e. The summed E-state index contributed by atoms with van der Waals surface area (Å²) in [5.41, 5.74) is -0.220. The van der Waals surface area contributed by atoms with Crippen molar-refractivity contribution < 1.29 is 8.78 Å². The molecule has 100 valence electrons. The van der Waals surface area contributed by atoms with E-state index in [2.05, 4.69) is 31.2 Å². The molecule has 0 aliphatic rings. The molecule has 1 heterocycles. The highest BCUT2D eigenvalue weighted by Crippen LogP contribution is 2.24. The summed E-state index contributed by atoms with van der Waals surface area (Å²) in [7, 11) is 0. The Kier molecular flexibility index (Phi) is 4.09. The Morgan fingerprint density at radius 1 is 1.16 bits per heavy atom. The van der Waals surface area contributed by atoms with E-state index >= 15 is 0 Å². The number of benzene rings is 1. The van der Waals surface area contributed by atoms with E-state index in [1.54, 1.807) is 6.07 Å². The van der Waals surface area contributed by atoms with E-state index in [4.69, 9.17) is 0 Å². The molecular weight excluding hydrogens is 316 g/mol. The molecule has 0 fully saturated rings. The third kappa shape index (κ3) is 3.26. The molecule has 1 N–H and O–H groups in total. The van der Waals surface area contributed by atoms with Gasteiger partial charge >= 0.3 is 0 Å². The van der Waals surface area contributed by atoms with Crippen LogP contribution >= 0.6 is 15.9 Å². The lowest BCUT2D eigenvalue weighted by molar-refractivity contribution is 0.590. The molecule has 1 aromatic heterocycles. The number of para-hydroxylation sites is 1. The second-order valence-electron chi connectivity index (χ2n) is 4.31. The number of rotatable bonds is 3. The van der Waals surface area contributed by atoms with Gasteiger partial charge < -0.3 is 5.32 Å². The Morgan fingerprint density at radius 3 is 2.37 bits per heavy atom. The maximum atomic E-state index is 13.5. The van der Waals surface area contributed by atoms with Crippen LogP contribution in [0.5, 0.6) is 0 Å². The van der Waals surface area contributed by atoms with Crippen LogP contribution in [-0.2, 0) is 0 Å². The summed E-state index contributed by atoms with van der Waals surface area (Å²) < 4.78 is 27.6. The first-order chi connectivity index (χ1) is 8.97. The predicted molar refractivity (Wildman–Crippen MR) is 73.5 cm³/mol. The highest BCUT2D eigenvalue weighted by Gasteiger charge is 2.11. The number of nitrogens with zero attached hydrogens (tertiary/aromatic N) is 2. The van der Waals surface area contributed by atoms with E-state index < -0.39 is 11.6 Å². The highest BCUT2D eigenvalue weighted by molar-refractivity contribution is 9.10. The molecule has 2 rings (SSSR count). The molecule has 0 radical (unpaired) electrons. The summed E-state index contributed by atoms with van der Waals surface area (Å²) in [5, 5.41) is 2.65. The fourth-order valence-electron chi connectivity index (χ4n) is 1.50. The van der Waals surface area contributed by atoms with Crippen molar-refractivity contribution in [2.75, 3.05) is 5.32 Å². The van der Waals surface area contributed by atoms with Gasteiger partial charge in [-0.1, -0.05) is 19.9 Å². The molecule has 3 nitrogen and oxygen atoms in total. The Balaban J connectivity index is 2.38. The first kappa shape index (κ1) is 13.9. The maximum absolute atomic E-state index is 13.5. The third-order valence-electron chi connectivity index (χ3n) is 2.44. The zero-order valence-electron chi connectivity index (χ0n) is 10.4. The second-order valence-corrected chi connectivity index (χ2v) is 5.12. The van der Waals surface area contributed by atoms with Gasteiger partial charge in [-0.25, -0.2) is 18.7 Å². The molecule has 0 unspecified atom stereocenters. The molecule has 2 aromatic rings. The Hall–Kier alpha value is -1.56. The predicted octanol–water partition coefficient (Wildman–Crippen LogP) is 4.38. The Bertz CT molecular complexity index is 582. The van der Waals surface area contributed by atoms with Gasteiger partial charge in [-0.15, -0.1) is 0 Å². The lowest BCUT2D eigenvalue weighted by Gasteiger charge is -2.11. The number of nitrogens with one attached hydrogen (secondary N) is 1. The molecule has 0 aliphatic heterocycles. The van der Waals surface area contributed by atoms with Gasteiger partial charge in [0.2, 0.25) is 0 Å². The van der Waals surface area contributed by atoms with Crippen molar-refractivity contribution in [2.24, 2.45) is 0 Å². The van der Waals surface area contributed by atoms with Crippen LogP contribution in [0.4, 0.5) is 20.3 Å². The summed E-state index contributed by atoms with van der Waals surface area (Å²) in [4.78, 5) is 8.42. The molecule has 0 amide bonds. The molecule has 19 heavy (non-hydrogen) atoms. The molecule has 0 bridgehead atoms. The van der Waals surface area contributed by atoms with Gasteiger partial charge in [-0.3, -0.25) is 0 Å². The molecule has 6 heteroatoms. The molecule has 0 atom stereocenters. The second kappa shape index (κ2) is 5.61. The minimum atomic E-state index is -0.666. The van der Waals surface area contributed by atoms with Gasteiger partial charge in [0.25, 0.3) is 0 Å². The fourth-order valence-corrected chi connectivity index (χ4v) is 1.90. The van der Waals surface area contributed by atoms with Crippen LogP contribution in [0.1, 0.15) is 25.6 Å². The van der Waals surface area contributed by atoms with Gasteiger partial charge in [0.1, 0.15) is 33.6 Å². The van der Waals surface area contributed by atoms with Crippen LogP contribution in [0.15, 0.2) is 28.9 Å². The molecule has 0 aliphatic carbocycles. The summed E-state index contributed by atoms with van der Waals surface area (Å²) in [6.45, 7) is 3.88. The molecule has 0 saturated carbocycles. The van der Waals surface area contributed by atoms with Crippen molar-refractivity contribution in [3.05, 3.63) is 46.3 Å². The van der Waals surface area contributed by atoms with E-state index in [1.807, 2.05) is 13.8 Å². The van der Waals surface area contributed by atoms with Crippen molar-refractivity contribution in [1.82, 2.24) is 9.97 Å². The van der Waals surface area contributed by atoms with E-state index in [0.29, 0.717) is 16.2 Å². The summed E-state index contributed by atoms with van der Waals surface area (Å²) in [6.07, 6.45) is 0. The molecule has 1 aromatic carbocycles. The van der Waals surface area contributed by atoms with Crippen LogP contribution in [-0.4, -0.2) is 9.97 Å². The van der Waals surface area contributed by atoms with Crippen molar-refractivity contribution >= 4 is 27.4 Å². The zero-order valence-corrected chi connectivity index (χ0v) is 12.0. The number of hydrogen-bond acceptors (Lipinski definition) is 3. The van der Waals surface area contributed by atoms with Crippen molar-refractivity contribution in [3.8, 4) is 0 Å². The molecular formula is C13H12BrF2N3. The quantitative estimate of drug-likeness (QED) is 0.850. The SMILES string of the molecule is CC(C)c1nc(Br)cc(Nc2c(F)cccc2F)n1. The maximum Gasteiger partial charge on any atom is 0.149 e. The number of aromatic nitrogens is 2. The number of anilines is 2. The van der Waals surface area contributed by atoms with Crippen molar-refractivity contribution in [3.63, 3.8) is 0 Å². The van der Waals surface area contributed by atoms with Crippen molar-refractivity contribution in [2.45, 2.75) is 19.8 Å². The number of hydrogen-bond donors (Lipinski definition) is 1. The summed E-state index contributed by atoms with van der Waals surface area (Å²) in [6, 6.07) is 5.25. The minimum absolute atomic E-state index is 0.114. The van der Waals surface area contributed by atoms with E-state index in [1.165, 1.54) is 18.2 Å². The molecule has 0 spiro atoms. The van der Waals surface area contributed by atoms with Crippen molar-refractivity contribution in [1.29, 1.82) is 0 Å². The lowest BCUT2D eigenvalue weighted by Crippen LogP contribution is -2.04. The van der Waals surface area contributed by atoms with Crippen LogP contribution in [0, 0.1) is 11.6 Å². The largest absolute Gasteiger partial charge is 0.335 e. The third-order valence-corrected chi connectivity index (χ3v) is 2.85. The van der Waals surface area contributed by atoms with Crippen LogP contribution in [0.3, 0.4) is 0 Å². The topological polar surface area (TPSA) is 37.8 Å². The van der Waals surface area contributed by atoms with Gasteiger partial charge in [0, 0.05) is 12.0 Å².